The fraction of sp³-hybridized carbons (Fsp3) is 0.650. The smallest absolute Gasteiger partial charge is 0.407 e. The molecule has 0 aliphatic rings. The Bertz CT molecular complexity index is 660. The van der Waals surface area contributed by atoms with E-state index in [9.17, 15) is 9.59 Å². The molecule has 1 aromatic heterocycles. The largest absolute Gasteiger partial charge is 0.444 e. The normalized spacial score (nSPS) is 13.0. The number of rotatable bonds is 6. The van der Waals surface area contributed by atoms with Gasteiger partial charge in [0.1, 0.15) is 5.60 Å². The van der Waals surface area contributed by atoms with Crippen LogP contribution < -0.4 is 16.0 Å². The molecule has 3 N–H and O–H groups in total. The first kappa shape index (κ1) is 22.9. The summed E-state index contributed by atoms with van der Waals surface area (Å²) in [5.41, 5.74) is 1.84. The molecular formula is C20H34N4O3. The number of carbonyl (C=O) groups excluding carboxylic acids is 2. The van der Waals surface area contributed by atoms with Gasteiger partial charge in [0.05, 0.1) is 18.8 Å². The van der Waals surface area contributed by atoms with Crippen molar-refractivity contribution < 1.29 is 14.3 Å². The summed E-state index contributed by atoms with van der Waals surface area (Å²) < 4.78 is 5.21. The van der Waals surface area contributed by atoms with Crippen molar-refractivity contribution in [2.75, 3.05) is 6.54 Å². The maximum atomic E-state index is 11.9. The molecule has 2 amide bonds. The van der Waals surface area contributed by atoms with E-state index in [1.807, 2.05) is 67.5 Å². The van der Waals surface area contributed by atoms with E-state index in [0.29, 0.717) is 6.54 Å². The van der Waals surface area contributed by atoms with Crippen LogP contribution in [0.3, 0.4) is 0 Å². The van der Waals surface area contributed by atoms with Crippen molar-refractivity contribution in [3.63, 3.8) is 0 Å². The van der Waals surface area contributed by atoms with Gasteiger partial charge < -0.3 is 20.7 Å². The van der Waals surface area contributed by atoms with Crippen molar-refractivity contribution in [1.29, 1.82) is 0 Å². The topological polar surface area (TPSA) is 92.3 Å². The van der Waals surface area contributed by atoms with Crippen molar-refractivity contribution in [1.82, 2.24) is 20.9 Å². The van der Waals surface area contributed by atoms with Gasteiger partial charge in [-0.25, -0.2) is 4.79 Å². The summed E-state index contributed by atoms with van der Waals surface area (Å²) in [5.74, 6) is -0.0434. The maximum Gasteiger partial charge on any atom is 0.407 e. The zero-order valence-electron chi connectivity index (χ0n) is 17.8. The number of nitrogens with zero attached hydrogens (tertiary/aromatic N) is 1. The number of carbonyl (C=O) groups is 2. The Kier molecular flexibility index (Phi) is 7.77. The SMILES string of the molecule is Cc1nc(CNC(=O)OC(C)(C)C)ccc1C(C)NCC(=O)NC(C)(C)C. The molecule has 0 bridgehead atoms. The third-order valence-electron chi connectivity index (χ3n) is 3.55. The number of alkyl carbamates (subject to hydrolysis) is 1. The van der Waals surface area contributed by atoms with E-state index in [1.165, 1.54) is 0 Å². The minimum absolute atomic E-state index is 0.0175. The van der Waals surface area contributed by atoms with Crippen LogP contribution in [0.25, 0.3) is 0 Å². The van der Waals surface area contributed by atoms with Crippen LogP contribution in [0.4, 0.5) is 4.79 Å². The molecule has 0 aliphatic heterocycles. The zero-order chi connectivity index (χ0) is 20.8. The Hall–Kier alpha value is -2.15. The van der Waals surface area contributed by atoms with Crippen LogP contribution in [-0.4, -0.2) is 34.7 Å². The molecule has 7 heteroatoms. The highest BCUT2D eigenvalue weighted by molar-refractivity contribution is 5.78. The van der Waals surface area contributed by atoms with Crippen LogP contribution in [0.2, 0.25) is 0 Å². The predicted molar refractivity (Wildman–Crippen MR) is 106 cm³/mol. The first-order chi connectivity index (χ1) is 12.3. The lowest BCUT2D eigenvalue weighted by atomic mass is 10.1. The van der Waals surface area contributed by atoms with Crippen molar-refractivity contribution >= 4 is 12.0 Å². The second-order valence-electron chi connectivity index (χ2n) is 8.73. The molecule has 0 fully saturated rings. The highest BCUT2D eigenvalue weighted by Gasteiger charge is 2.17. The van der Waals surface area contributed by atoms with E-state index in [0.717, 1.165) is 17.0 Å². The molecule has 0 saturated heterocycles. The summed E-state index contributed by atoms with van der Waals surface area (Å²) in [7, 11) is 0. The Morgan fingerprint density at radius 1 is 1.15 bits per heavy atom. The van der Waals surface area contributed by atoms with E-state index < -0.39 is 11.7 Å². The zero-order valence-corrected chi connectivity index (χ0v) is 17.8. The molecule has 1 heterocycles. The molecule has 0 aliphatic carbocycles. The van der Waals surface area contributed by atoms with E-state index in [4.69, 9.17) is 4.74 Å². The van der Waals surface area contributed by atoms with Crippen LogP contribution >= 0.6 is 0 Å². The van der Waals surface area contributed by atoms with Crippen molar-refractivity contribution in [3.8, 4) is 0 Å². The quantitative estimate of drug-likeness (QED) is 0.708. The van der Waals surface area contributed by atoms with Gasteiger partial charge in [-0.1, -0.05) is 6.07 Å². The van der Waals surface area contributed by atoms with Gasteiger partial charge in [-0.3, -0.25) is 9.78 Å². The fourth-order valence-corrected chi connectivity index (χ4v) is 2.48. The molecule has 0 radical (unpaired) electrons. The molecule has 0 saturated carbocycles. The van der Waals surface area contributed by atoms with Gasteiger partial charge in [0, 0.05) is 17.3 Å². The fourth-order valence-electron chi connectivity index (χ4n) is 2.48. The van der Waals surface area contributed by atoms with Crippen LogP contribution in [0, 0.1) is 6.92 Å². The number of hydrogen-bond acceptors (Lipinski definition) is 5. The molecule has 0 spiro atoms. The average molecular weight is 379 g/mol. The number of pyridine rings is 1. The molecule has 7 nitrogen and oxygen atoms in total. The van der Waals surface area contributed by atoms with Gasteiger partial charge in [0.15, 0.2) is 0 Å². The molecule has 1 atom stereocenters. The lowest BCUT2D eigenvalue weighted by molar-refractivity contribution is -0.121. The summed E-state index contributed by atoms with van der Waals surface area (Å²) in [5, 5.41) is 8.84. The van der Waals surface area contributed by atoms with E-state index in [-0.39, 0.29) is 24.0 Å². The minimum atomic E-state index is -0.530. The Morgan fingerprint density at radius 2 is 1.78 bits per heavy atom. The van der Waals surface area contributed by atoms with E-state index in [1.54, 1.807) is 0 Å². The Morgan fingerprint density at radius 3 is 2.30 bits per heavy atom. The summed E-state index contributed by atoms with van der Waals surface area (Å²) in [6.07, 6.45) is -0.467. The molecule has 0 aromatic carbocycles. The Balaban J connectivity index is 2.59. The Labute approximate surface area is 162 Å². The van der Waals surface area contributed by atoms with Gasteiger partial charge in [0.25, 0.3) is 0 Å². The lowest BCUT2D eigenvalue weighted by Crippen LogP contribution is -2.45. The van der Waals surface area contributed by atoms with Crippen molar-refractivity contribution in [2.45, 2.75) is 79.1 Å². The summed E-state index contributed by atoms with van der Waals surface area (Å²) in [4.78, 5) is 28.2. The third kappa shape index (κ3) is 9.38. The second kappa shape index (κ2) is 9.17. The minimum Gasteiger partial charge on any atom is -0.444 e. The molecule has 1 aromatic rings. The highest BCUT2D eigenvalue weighted by atomic mass is 16.6. The predicted octanol–water partition coefficient (Wildman–Crippen LogP) is 2.98. The first-order valence-corrected chi connectivity index (χ1v) is 9.24. The standard InChI is InChI=1S/C20H34N4O3/c1-13(21-12-17(25)24-19(3,4)5)16-10-9-15(23-14(16)2)11-22-18(26)27-20(6,7)8/h9-10,13,21H,11-12H2,1-8H3,(H,22,26)(H,24,25). The van der Waals surface area contributed by atoms with Gasteiger partial charge in [0.2, 0.25) is 5.91 Å². The number of ether oxygens (including phenoxy) is 1. The molecule has 1 rings (SSSR count). The van der Waals surface area contributed by atoms with Gasteiger partial charge in [-0.15, -0.1) is 0 Å². The molecular weight excluding hydrogens is 344 g/mol. The van der Waals surface area contributed by atoms with Crippen LogP contribution in [-0.2, 0) is 16.1 Å². The summed E-state index contributed by atoms with van der Waals surface area (Å²) >= 11 is 0. The molecule has 1 unspecified atom stereocenters. The number of hydrogen-bond donors (Lipinski definition) is 3. The van der Waals surface area contributed by atoms with Gasteiger partial charge in [-0.2, -0.15) is 0 Å². The van der Waals surface area contributed by atoms with Gasteiger partial charge >= 0.3 is 6.09 Å². The van der Waals surface area contributed by atoms with E-state index in [2.05, 4.69) is 20.9 Å². The average Bonchev–Trinajstić information content (AvgIpc) is 2.47. The van der Waals surface area contributed by atoms with E-state index >= 15 is 0 Å². The molecule has 27 heavy (non-hydrogen) atoms. The number of aryl methyl sites for hydroxylation is 1. The van der Waals surface area contributed by atoms with Gasteiger partial charge in [-0.05, 0) is 67.0 Å². The summed E-state index contributed by atoms with van der Waals surface area (Å²) in [6, 6.07) is 3.82. The lowest BCUT2D eigenvalue weighted by Gasteiger charge is -2.22. The summed E-state index contributed by atoms with van der Waals surface area (Å²) in [6.45, 7) is 15.8. The van der Waals surface area contributed by atoms with Crippen molar-refractivity contribution in [3.05, 3.63) is 29.1 Å². The van der Waals surface area contributed by atoms with Crippen molar-refractivity contribution in [2.24, 2.45) is 0 Å². The first-order valence-electron chi connectivity index (χ1n) is 9.24. The third-order valence-corrected chi connectivity index (χ3v) is 3.55. The number of aromatic nitrogens is 1. The maximum absolute atomic E-state index is 11.9. The number of nitrogens with one attached hydrogen (secondary N) is 3. The monoisotopic (exact) mass is 378 g/mol. The highest BCUT2D eigenvalue weighted by Crippen LogP contribution is 2.16. The van der Waals surface area contributed by atoms with Crippen LogP contribution in [0.5, 0.6) is 0 Å². The number of amides is 2. The second-order valence-corrected chi connectivity index (χ2v) is 8.73. The van der Waals surface area contributed by atoms with Crippen LogP contribution in [0.1, 0.15) is 71.5 Å². The van der Waals surface area contributed by atoms with Crippen LogP contribution in [0.15, 0.2) is 12.1 Å². The molecule has 152 valence electrons.